The first-order chi connectivity index (χ1) is 12.3. The van der Waals surface area contributed by atoms with Crippen molar-refractivity contribution in [3.63, 3.8) is 0 Å². The van der Waals surface area contributed by atoms with E-state index < -0.39 is 0 Å². The second kappa shape index (κ2) is 7.08. The third-order valence-corrected chi connectivity index (χ3v) is 5.96. The van der Waals surface area contributed by atoms with Crippen molar-refractivity contribution in [1.29, 1.82) is 0 Å². The number of anilines is 1. The average molecular weight is 353 g/mol. The lowest BCUT2D eigenvalue weighted by molar-refractivity contribution is -0.132. The lowest BCUT2D eigenvalue weighted by Crippen LogP contribution is -2.44. The van der Waals surface area contributed by atoms with Crippen LogP contribution >= 0.6 is 11.8 Å². The third kappa shape index (κ3) is 3.25. The molecule has 1 atom stereocenters. The van der Waals surface area contributed by atoms with Gasteiger partial charge < -0.3 is 10.2 Å². The fourth-order valence-electron chi connectivity index (χ4n) is 3.81. The Morgan fingerprint density at radius 2 is 2.12 bits per heavy atom. The second-order valence-corrected chi connectivity index (χ2v) is 7.62. The average Bonchev–Trinajstić information content (AvgIpc) is 2.66. The number of nitrogens with zero attached hydrogens (tertiary/aromatic N) is 2. The zero-order valence-electron chi connectivity index (χ0n) is 14.5. The van der Waals surface area contributed by atoms with Crippen LogP contribution in [0.2, 0.25) is 0 Å². The van der Waals surface area contributed by atoms with Gasteiger partial charge in [-0.15, -0.1) is 0 Å². The van der Waals surface area contributed by atoms with Crippen LogP contribution in [0.1, 0.15) is 32.6 Å². The van der Waals surface area contributed by atoms with E-state index in [1.54, 1.807) is 0 Å². The Morgan fingerprint density at radius 1 is 1.28 bits per heavy atom. The molecule has 0 unspecified atom stereocenters. The van der Waals surface area contributed by atoms with Crippen molar-refractivity contribution in [2.45, 2.75) is 38.6 Å². The van der Waals surface area contributed by atoms with E-state index in [1.807, 2.05) is 18.2 Å². The van der Waals surface area contributed by atoms with Crippen molar-refractivity contribution in [2.75, 3.05) is 17.6 Å². The van der Waals surface area contributed by atoms with Gasteiger partial charge in [-0.1, -0.05) is 43.0 Å². The maximum atomic E-state index is 12.7. The molecule has 2 aromatic carbocycles. The molecule has 2 heterocycles. The lowest BCUT2D eigenvalue weighted by Gasteiger charge is -2.35. The van der Waals surface area contributed by atoms with Crippen molar-refractivity contribution in [2.24, 2.45) is 4.99 Å². The van der Waals surface area contributed by atoms with Crippen LogP contribution in [0.5, 0.6) is 0 Å². The molecule has 4 nitrogen and oxygen atoms in total. The van der Waals surface area contributed by atoms with E-state index in [2.05, 4.69) is 35.3 Å². The summed E-state index contributed by atoms with van der Waals surface area (Å²) in [5, 5.41) is 6.54. The summed E-state index contributed by atoms with van der Waals surface area (Å²) in [5.41, 5.74) is 2.05. The first kappa shape index (κ1) is 16.5. The van der Waals surface area contributed by atoms with Crippen LogP contribution in [0.15, 0.2) is 41.4 Å². The molecule has 1 fully saturated rings. The van der Waals surface area contributed by atoms with E-state index in [0.717, 1.165) is 47.7 Å². The second-order valence-electron chi connectivity index (χ2n) is 6.66. The van der Waals surface area contributed by atoms with E-state index in [0.29, 0.717) is 11.8 Å². The molecular weight excluding hydrogens is 330 g/mol. The molecule has 0 radical (unpaired) electrons. The fourth-order valence-corrected chi connectivity index (χ4v) is 4.58. The molecule has 1 saturated heterocycles. The van der Waals surface area contributed by atoms with Gasteiger partial charge >= 0.3 is 0 Å². The Bertz CT molecular complexity index is 828. The molecule has 1 amide bonds. The quantitative estimate of drug-likeness (QED) is 0.864. The van der Waals surface area contributed by atoms with Crippen molar-refractivity contribution in [1.82, 2.24) is 4.90 Å². The Morgan fingerprint density at radius 3 is 2.96 bits per heavy atom. The summed E-state index contributed by atoms with van der Waals surface area (Å²) < 4.78 is 0. The molecular formula is C20H23N3OS. The van der Waals surface area contributed by atoms with Gasteiger partial charge in [0.1, 0.15) is 0 Å². The monoisotopic (exact) mass is 353 g/mol. The maximum Gasteiger partial charge on any atom is 0.233 e. The third-order valence-electron chi connectivity index (χ3n) is 5.10. The van der Waals surface area contributed by atoms with E-state index in [4.69, 9.17) is 4.99 Å². The zero-order chi connectivity index (χ0) is 17.2. The molecule has 130 valence electrons. The molecule has 5 heteroatoms. The Balaban J connectivity index is 1.48. The van der Waals surface area contributed by atoms with Gasteiger partial charge in [-0.2, -0.15) is 0 Å². The number of thioether (sulfide) groups is 1. The number of likely N-dealkylation sites (tertiary alicyclic amines) is 1. The number of aliphatic imine (C=N–C) groups is 1. The molecule has 1 N–H and O–H groups in total. The first-order valence-corrected chi connectivity index (χ1v) is 10.0. The van der Waals surface area contributed by atoms with Crippen LogP contribution in [0.25, 0.3) is 10.8 Å². The normalized spacial score (nSPS) is 19.5. The van der Waals surface area contributed by atoms with Crippen LogP contribution in [0, 0.1) is 0 Å². The minimum absolute atomic E-state index is 0.234. The van der Waals surface area contributed by atoms with Crippen molar-refractivity contribution >= 4 is 45.0 Å². The number of hydrogen-bond donors (Lipinski definition) is 1. The van der Waals surface area contributed by atoms with Gasteiger partial charge in [0.25, 0.3) is 0 Å². The predicted octanol–water partition coefficient (Wildman–Crippen LogP) is 4.78. The van der Waals surface area contributed by atoms with Gasteiger partial charge in [0.2, 0.25) is 5.91 Å². The number of carbonyl (C=O) groups is 1. The van der Waals surface area contributed by atoms with Crippen molar-refractivity contribution in [3.05, 3.63) is 36.4 Å². The standard InChI is InChI=1S/C20H23N3OS/c1-2-15-9-3-4-12-23(15)18(24)13-25-20-21-16-10-5-7-14-8-6-11-17(22-20)19(14)16/h5-8,10-11,15H,2-4,9,12-13H2,1H3,(H,21,22)/t15-/m1/s1. The smallest absolute Gasteiger partial charge is 0.233 e. The first-order valence-electron chi connectivity index (χ1n) is 9.06. The number of benzene rings is 2. The minimum atomic E-state index is 0.234. The van der Waals surface area contributed by atoms with Crippen LogP contribution < -0.4 is 5.32 Å². The maximum absolute atomic E-state index is 12.7. The minimum Gasteiger partial charge on any atom is -0.339 e. The van der Waals surface area contributed by atoms with Crippen LogP contribution in [-0.4, -0.2) is 34.3 Å². The SMILES string of the molecule is CC[C@@H]1CCCCN1C(=O)CSC1=Nc2cccc3cccc(c23)N1. The Hall–Kier alpha value is -2.01. The van der Waals surface area contributed by atoms with Gasteiger partial charge in [-0.3, -0.25) is 4.79 Å². The Labute approximate surface area is 152 Å². The van der Waals surface area contributed by atoms with Crippen LogP contribution in [0.3, 0.4) is 0 Å². The van der Waals surface area contributed by atoms with E-state index >= 15 is 0 Å². The topological polar surface area (TPSA) is 44.7 Å². The molecule has 2 aliphatic rings. The lowest BCUT2D eigenvalue weighted by atomic mass is 10.0. The summed E-state index contributed by atoms with van der Waals surface area (Å²) >= 11 is 1.51. The molecule has 0 aliphatic carbocycles. The fraction of sp³-hybridized carbons (Fsp3) is 0.400. The number of carbonyl (C=O) groups excluding carboxylic acids is 1. The molecule has 0 aromatic heterocycles. The zero-order valence-corrected chi connectivity index (χ0v) is 15.3. The molecule has 0 bridgehead atoms. The predicted molar refractivity (Wildman–Crippen MR) is 107 cm³/mol. The van der Waals surface area contributed by atoms with Gasteiger partial charge in [0.05, 0.1) is 17.1 Å². The molecule has 2 aliphatic heterocycles. The van der Waals surface area contributed by atoms with Crippen molar-refractivity contribution in [3.8, 4) is 0 Å². The molecule has 0 spiro atoms. The molecule has 4 rings (SSSR count). The molecule has 0 saturated carbocycles. The van der Waals surface area contributed by atoms with E-state index in [-0.39, 0.29) is 5.91 Å². The summed E-state index contributed by atoms with van der Waals surface area (Å²) in [4.78, 5) is 19.5. The van der Waals surface area contributed by atoms with Gasteiger partial charge in [0, 0.05) is 18.0 Å². The number of amidine groups is 1. The van der Waals surface area contributed by atoms with E-state index in [1.165, 1.54) is 23.6 Å². The highest BCUT2D eigenvalue weighted by Crippen LogP contribution is 2.37. The van der Waals surface area contributed by atoms with Crippen molar-refractivity contribution < 1.29 is 4.79 Å². The van der Waals surface area contributed by atoms with E-state index in [9.17, 15) is 4.79 Å². The number of rotatable bonds is 3. The summed E-state index contributed by atoms with van der Waals surface area (Å²) in [7, 11) is 0. The number of amides is 1. The summed E-state index contributed by atoms with van der Waals surface area (Å²) in [6, 6.07) is 12.8. The van der Waals surface area contributed by atoms with Crippen LogP contribution in [0.4, 0.5) is 11.4 Å². The largest absolute Gasteiger partial charge is 0.339 e. The molecule has 2 aromatic rings. The number of nitrogens with one attached hydrogen (secondary N) is 1. The van der Waals surface area contributed by atoms with Gasteiger partial charge in [-0.05, 0) is 43.2 Å². The Kier molecular flexibility index (Phi) is 4.66. The van der Waals surface area contributed by atoms with Gasteiger partial charge in [0.15, 0.2) is 5.17 Å². The number of piperidine rings is 1. The number of hydrogen-bond acceptors (Lipinski definition) is 4. The highest BCUT2D eigenvalue weighted by molar-refractivity contribution is 8.14. The van der Waals surface area contributed by atoms with Gasteiger partial charge in [-0.25, -0.2) is 4.99 Å². The van der Waals surface area contributed by atoms with Crippen LogP contribution in [-0.2, 0) is 4.79 Å². The summed E-state index contributed by atoms with van der Waals surface area (Å²) in [5.74, 6) is 0.679. The highest BCUT2D eigenvalue weighted by atomic mass is 32.2. The summed E-state index contributed by atoms with van der Waals surface area (Å²) in [6.07, 6.45) is 4.55. The summed E-state index contributed by atoms with van der Waals surface area (Å²) in [6.45, 7) is 3.08. The molecule has 25 heavy (non-hydrogen) atoms. The highest BCUT2D eigenvalue weighted by Gasteiger charge is 2.25.